The Labute approximate surface area is 210 Å². The molecule has 0 fully saturated rings. The van der Waals surface area contributed by atoms with Gasteiger partial charge >= 0.3 is 0 Å². The van der Waals surface area contributed by atoms with Crippen molar-refractivity contribution in [3.05, 3.63) is 82.5 Å². The zero-order chi connectivity index (χ0) is 24.9. The zero-order valence-corrected chi connectivity index (χ0v) is 21.0. The summed E-state index contributed by atoms with van der Waals surface area (Å²) in [6.07, 6.45) is 1.65. The van der Waals surface area contributed by atoms with E-state index in [2.05, 4.69) is 17.2 Å². The van der Waals surface area contributed by atoms with E-state index < -0.39 is 0 Å². The molecule has 0 bridgehead atoms. The van der Waals surface area contributed by atoms with Gasteiger partial charge in [0.25, 0.3) is 5.56 Å². The summed E-state index contributed by atoms with van der Waals surface area (Å²) in [6.45, 7) is 7.52. The van der Waals surface area contributed by atoms with Crippen molar-refractivity contribution in [2.24, 2.45) is 0 Å². The standard InChI is InChI=1S/C26H24N4O3S2/c1-4-13-30-25(33)23-21(18-7-5-16(2)6-8-18)14-34-24(23)29-26(30)35-15-22(32)28-20-11-9-19(10-12-20)27-17(3)31/h4-12,14H,1,13,15H2,2-3H3,(H,27,31)(H,28,32). The second kappa shape index (κ2) is 10.7. The first-order valence-corrected chi connectivity index (χ1v) is 12.7. The van der Waals surface area contributed by atoms with Gasteiger partial charge in [-0.3, -0.25) is 19.0 Å². The van der Waals surface area contributed by atoms with Crippen molar-refractivity contribution < 1.29 is 9.59 Å². The lowest BCUT2D eigenvalue weighted by atomic mass is 10.1. The minimum Gasteiger partial charge on any atom is -0.326 e. The molecule has 2 N–H and O–H groups in total. The molecule has 0 radical (unpaired) electrons. The number of thiophene rings is 1. The molecule has 2 amide bonds. The number of anilines is 2. The first-order valence-electron chi connectivity index (χ1n) is 10.9. The fourth-order valence-electron chi connectivity index (χ4n) is 3.52. The van der Waals surface area contributed by atoms with Crippen LogP contribution in [0.2, 0.25) is 0 Å². The summed E-state index contributed by atoms with van der Waals surface area (Å²) in [5, 5.41) is 8.50. The number of hydrogen-bond donors (Lipinski definition) is 2. The van der Waals surface area contributed by atoms with Crippen molar-refractivity contribution >= 4 is 56.5 Å². The number of nitrogens with zero attached hydrogens (tertiary/aromatic N) is 2. The Kier molecular flexibility index (Phi) is 7.48. The van der Waals surface area contributed by atoms with E-state index in [0.29, 0.717) is 33.3 Å². The third kappa shape index (κ3) is 5.70. The smallest absolute Gasteiger partial charge is 0.263 e. The van der Waals surface area contributed by atoms with Gasteiger partial charge in [-0.1, -0.05) is 47.7 Å². The Morgan fingerprint density at radius 2 is 1.74 bits per heavy atom. The molecule has 178 valence electrons. The first kappa shape index (κ1) is 24.4. The van der Waals surface area contributed by atoms with Crippen LogP contribution in [-0.2, 0) is 16.1 Å². The number of carbonyl (C=O) groups is 2. The number of allylic oxidation sites excluding steroid dienone is 1. The molecule has 0 unspecified atom stereocenters. The molecule has 7 nitrogen and oxygen atoms in total. The van der Waals surface area contributed by atoms with Gasteiger partial charge in [0.15, 0.2) is 5.16 Å². The highest BCUT2D eigenvalue weighted by Gasteiger charge is 2.18. The molecule has 2 aromatic heterocycles. The molecular formula is C26H24N4O3S2. The van der Waals surface area contributed by atoms with Gasteiger partial charge in [-0.05, 0) is 36.8 Å². The number of aryl methyl sites for hydroxylation is 1. The van der Waals surface area contributed by atoms with Gasteiger partial charge in [0.05, 0.1) is 11.1 Å². The van der Waals surface area contributed by atoms with Crippen molar-refractivity contribution in [2.45, 2.75) is 25.5 Å². The number of benzene rings is 2. The summed E-state index contributed by atoms with van der Waals surface area (Å²) in [7, 11) is 0. The van der Waals surface area contributed by atoms with E-state index in [4.69, 9.17) is 4.98 Å². The molecule has 0 saturated heterocycles. The summed E-state index contributed by atoms with van der Waals surface area (Å²) >= 11 is 2.62. The molecule has 0 aliphatic carbocycles. The number of nitrogens with one attached hydrogen (secondary N) is 2. The van der Waals surface area contributed by atoms with Crippen LogP contribution in [0.25, 0.3) is 21.3 Å². The molecule has 0 aliphatic heterocycles. The van der Waals surface area contributed by atoms with Crippen molar-refractivity contribution in [1.29, 1.82) is 0 Å². The van der Waals surface area contributed by atoms with E-state index in [1.165, 1.54) is 30.0 Å². The van der Waals surface area contributed by atoms with Crippen molar-refractivity contribution in [3.63, 3.8) is 0 Å². The Balaban J connectivity index is 1.55. The quantitative estimate of drug-likeness (QED) is 0.193. The van der Waals surface area contributed by atoms with Crippen LogP contribution in [0.15, 0.2) is 76.5 Å². The molecule has 2 heterocycles. The number of amides is 2. The van der Waals surface area contributed by atoms with Gasteiger partial charge < -0.3 is 10.6 Å². The number of fused-ring (bicyclic) bond motifs is 1. The number of thioether (sulfide) groups is 1. The highest BCUT2D eigenvalue weighted by Crippen LogP contribution is 2.32. The lowest BCUT2D eigenvalue weighted by molar-refractivity contribution is -0.114. The molecule has 35 heavy (non-hydrogen) atoms. The summed E-state index contributed by atoms with van der Waals surface area (Å²) in [5.41, 5.74) is 4.08. The van der Waals surface area contributed by atoms with Crippen LogP contribution in [0.4, 0.5) is 11.4 Å². The van der Waals surface area contributed by atoms with Crippen LogP contribution >= 0.6 is 23.1 Å². The molecular weight excluding hydrogens is 480 g/mol. The zero-order valence-electron chi connectivity index (χ0n) is 19.3. The summed E-state index contributed by atoms with van der Waals surface area (Å²) in [4.78, 5) is 42.5. The lowest BCUT2D eigenvalue weighted by Gasteiger charge is -2.11. The van der Waals surface area contributed by atoms with E-state index in [9.17, 15) is 14.4 Å². The molecule has 2 aromatic carbocycles. The Morgan fingerprint density at radius 3 is 2.37 bits per heavy atom. The van der Waals surface area contributed by atoms with Crippen molar-refractivity contribution in [3.8, 4) is 11.1 Å². The largest absolute Gasteiger partial charge is 0.326 e. The Hall–Kier alpha value is -3.69. The van der Waals surface area contributed by atoms with Crippen LogP contribution in [0.3, 0.4) is 0 Å². The van der Waals surface area contributed by atoms with Gasteiger partial charge in [0.2, 0.25) is 11.8 Å². The average molecular weight is 505 g/mol. The predicted octanol–water partition coefficient (Wildman–Crippen LogP) is 5.31. The summed E-state index contributed by atoms with van der Waals surface area (Å²) in [6, 6.07) is 14.9. The van der Waals surface area contributed by atoms with Gasteiger partial charge in [0.1, 0.15) is 4.83 Å². The molecule has 4 rings (SSSR count). The Morgan fingerprint density at radius 1 is 1.09 bits per heavy atom. The third-order valence-electron chi connectivity index (χ3n) is 5.15. The van der Waals surface area contributed by atoms with Gasteiger partial charge in [-0.15, -0.1) is 17.9 Å². The summed E-state index contributed by atoms with van der Waals surface area (Å²) in [5.74, 6) is -0.308. The van der Waals surface area contributed by atoms with Crippen LogP contribution in [-0.4, -0.2) is 27.1 Å². The number of carbonyl (C=O) groups excluding carboxylic acids is 2. The maximum Gasteiger partial charge on any atom is 0.263 e. The van der Waals surface area contributed by atoms with E-state index in [1.54, 1.807) is 34.9 Å². The molecule has 0 aliphatic rings. The molecule has 0 atom stereocenters. The highest BCUT2D eigenvalue weighted by atomic mass is 32.2. The van der Waals surface area contributed by atoms with Crippen molar-refractivity contribution in [1.82, 2.24) is 9.55 Å². The van der Waals surface area contributed by atoms with E-state index in [-0.39, 0.29) is 23.1 Å². The fraction of sp³-hybridized carbons (Fsp3) is 0.154. The maximum absolute atomic E-state index is 13.4. The van der Waals surface area contributed by atoms with Crippen LogP contribution in [0.5, 0.6) is 0 Å². The SMILES string of the molecule is C=CCn1c(SCC(=O)Nc2ccc(NC(C)=O)cc2)nc2scc(-c3ccc(C)cc3)c2c1=O. The van der Waals surface area contributed by atoms with E-state index >= 15 is 0 Å². The highest BCUT2D eigenvalue weighted by molar-refractivity contribution is 7.99. The van der Waals surface area contributed by atoms with Gasteiger partial charge in [0, 0.05) is 35.8 Å². The third-order valence-corrected chi connectivity index (χ3v) is 7.00. The minimum atomic E-state index is -0.228. The Bertz CT molecular complexity index is 1460. The van der Waals surface area contributed by atoms with E-state index in [0.717, 1.165) is 16.7 Å². The molecule has 0 saturated carbocycles. The van der Waals surface area contributed by atoms with E-state index in [1.807, 2.05) is 36.6 Å². The topological polar surface area (TPSA) is 93.1 Å². The van der Waals surface area contributed by atoms with Crippen LogP contribution in [0.1, 0.15) is 12.5 Å². The lowest BCUT2D eigenvalue weighted by Crippen LogP contribution is -2.23. The normalized spacial score (nSPS) is 10.8. The van der Waals surface area contributed by atoms with Gasteiger partial charge in [-0.25, -0.2) is 4.98 Å². The number of rotatable bonds is 8. The second-order valence-corrected chi connectivity index (χ2v) is 9.69. The number of hydrogen-bond acceptors (Lipinski definition) is 6. The average Bonchev–Trinajstić information content (AvgIpc) is 3.25. The summed E-state index contributed by atoms with van der Waals surface area (Å²) < 4.78 is 1.56. The molecule has 0 spiro atoms. The van der Waals surface area contributed by atoms with Crippen LogP contribution < -0.4 is 16.2 Å². The maximum atomic E-state index is 13.4. The predicted molar refractivity (Wildman–Crippen MR) is 144 cm³/mol. The first-order chi connectivity index (χ1) is 16.9. The second-order valence-electron chi connectivity index (χ2n) is 7.89. The van der Waals surface area contributed by atoms with Crippen LogP contribution in [0, 0.1) is 6.92 Å². The minimum absolute atomic E-state index is 0.0821. The fourth-order valence-corrected chi connectivity index (χ4v) is 5.32. The monoisotopic (exact) mass is 504 g/mol. The van der Waals surface area contributed by atoms with Gasteiger partial charge in [-0.2, -0.15) is 0 Å². The van der Waals surface area contributed by atoms with Crippen molar-refractivity contribution in [2.75, 3.05) is 16.4 Å². The number of aromatic nitrogens is 2. The molecule has 4 aromatic rings. The molecule has 9 heteroatoms.